The SMILES string of the molecule is Fc1ccc(-c2cccc(C(F)(F)F)c2)cc1Cl. The molecule has 0 aliphatic rings. The van der Waals surface area contributed by atoms with Gasteiger partial charge in [0.15, 0.2) is 0 Å². The lowest BCUT2D eigenvalue weighted by atomic mass is 10.0. The predicted octanol–water partition coefficient (Wildman–Crippen LogP) is 5.16. The first kappa shape index (κ1) is 12.9. The van der Waals surface area contributed by atoms with Crippen LogP contribution in [0, 0.1) is 5.82 Å². The monoisotopic (exact) mass is 274 g/mol. The van der Waals surface area contributed by atoms with E-state index in [1.807, 2.05) is 0 Å². The molecule has 0 saturated carbocycles. The maximum Gasteiger partial charge on any atom is 0.416 e. The van der Waals surface area contributed by atoms with Crippen molar-refractivity contribution in [1.82, 2.24) is 0 Å². The van der Waals surface area contributed by atoms with Crippen molar-refractivity contribution < 1.29 is 17.6 Å². The van der Waals surface area contributed by atoms with Crippen molar-refractivity contribution in [2.24, 2.45) is 0 Å². The van der Waals surface area contributed by atoms with Crippen LogP contribution in [0.4, 0.5) is 17.6 Å². The number of rotatable bonds is 1. The minimum absolute atomic E-state index is 0.120. The summed E-state index contributed by atoms with van der Waals surface area (Å²) >= 11 is 5.60. The summed E-state index contributed by atoms with van der Waals surface area (Å²) in [5.74, 6) is -0.604. The Labute approximate surface area is 106 Å². The highest BCUT2D eigenvalue weighted by molar-refractivity contribution is 6.31. The quantitative estimate of drug-likeness (QED) is 0.630. The van der Waals surface area contributed by atoms with E-state index in [0.717, 1.165) is 18.2 Å². The van der Waals surface area contributed by atoms with Crippen molar-refractivity contribution in [3.05, 3.63) is 58.9 Å². The molecule has 0 bridgehead atoms. The summed E-state index contributed by atoms with van der Waals surface area (Å²) in [6.45, 7) is 0. The molecule has 2 rings (SSSR count). The summed E-state index contributed by atoms with van der Waals surface area (Å²) in [6.07, 6.45) is -4.40. The molecule has 0 heterocycles. The normalized spacial score (nSPS) is 11.6. The van der Waals surface area contributed by atoms with Gasteiger partial charge in [-0.1, -0.05) is 29.8 Å². The Balaban J connectivity index is 2.48. The zero-order chi connectivity index (χ0) is 13.3. The van der Waals surface area contributed by atoms with Gasteiger partial charge < -0.3 is 0 Å². The first-order valence-corrected chi connectivity index (χ1v) is 5.38. The molecule has 5 heteroatoms. The molecule has 2 aromatic carbocycles. The van der Waals surface area contributed by atoms with Crippen LogP contribution in [0.1, 0.15) is 5.56 Å². The van der Waals surface area contributed by atoms with Crippen molar-refractivity contribution >= 4 is 11.6 Å². The van der Waals surface area contributed by atoms with Gasteiger partial charge in [-0.2, -0.15) is 13.2 Å². The van der Waals surface area contributed by atoms with Crippen molar-refractivity contribution in [3.63, 3.8) is 0 Å². The van der Waals surface area contributed by atoms with E-state index in [4.69, 9.17) is 11.6 Å². The van der Waals surface area contributed by atoms with Gasteiger partial charge in [0.2, 0.25) is 0 Å². The van der Waals surface area contributed by atoms with Crippen LogP contribution < -0.4 is 0 Å². The minimum Gasteiger partial charge on any atom is -0.205 e. The smallest absolute Gasteiger partial charge is 0.205 e. The molecular formula is C13H7ClF4. The predicted molar refractivity (Wildman–Crippen MR) is 61.8 cm³/mol. The average molecular weight is 275 g/mol. The fraction of sp³-hybridized carbons (Fsp3) is 0.0769. The van der Waals surface area contributed by atoms with Crippen LogP contribution in [0.5, 0.6) is 0 Å². The summed E-state index contributed by atoms with van der Waals surface area (Å²) in [4.78, 5) is 0. The Morgan fingerprint density at radius 3 is 2.17 bits per heavy atom. The number of hydrogen-bond acceptors (Lipinski definition) is 0. The van der Waals surface area contributed by atoms with Crippen LogP contribution in [0.25, 0.3) is 11.1 Å². The van der Waals surface area contributed by atoms with Crippen molar-refractivity contribution in [2.75, 3.05) is 0 Å². The van der Waals surface area contributed by atoms with Crippen LogP contribution in [0.2, 0.25) is 5.02 Å². The Kier molecular flexibility index (Phi) is 3.30. The standard InChI is InChI=1S/C13H7ClF4/c14-11-7-9(4-5-12(11)15)8-2-1-3-10(6-8)13(16,17)18/h1-7H. The topological polar surface area (TPSA) is 0 Å². The minimum atomic E-state index is -4.40. The maximum absolute atomic E-state index is 13.0. The van der Waals surface area contributed by atoms with Crippen molar-refractivity contribution in [1.29, 1.82) is 0 Å². The van der Waals surface area contributed by atoms with Crippen LogP contribution in [0.3, 0.4) is 0 Å². The van der Waals surface area contributed by atoms with E-state index in [2.05, 4.69) is 0 Å². The highest BCUT2D eigenvalue weighted by Crippen LogP contribution is 2.32. The van der Waals surface area contributed by atoms with Crippen LogP contribution in [-0.4, -0.2) is 0 Å². The molecule has 0 fully saturated rings. The average Bonchev–Trinajstić information content (AvgIpc) is 2.32. The summed E-state index contributed by atoms with van der Waals surface area (Å²) in [6, 6.07) is 8.60. The van der Waals surface area contributed by atoms with Crippen molar-refractivity contribution in [3.8, 4) is 11.1 Å². The largest absolute Gasteiger partial charge is 0.416 e. The lowest BCUT2D eigenvalue weighted by Gasteiger charge is -2.09. The van der Waals surface area contributed by atoms with Gasteiger partial charge in [0.05, 0.1) is 10.6 Å². The third kappa shape index (κ3) is 2.64. The second-order valence-electron chi connectivity index (χ2n) is 3.71. The lowest BCUT2D eigenvalue weighted by molar-refractivity contribution is -0.137. The molecule has 0 N–H and O–H groups in total. The molecule has 18 heavy (non-hydrogen) atoms. The fourth-order valence-corrected chi connectivity index (χ4v) is 1.73. The number of halogens is 5. The molecule has 0 amide bonds. The first-order chi connectivity index (χ1) is 8.38. The molecule has 0 nitrogen and oxygen atoms in total. The summed E-state index contributed by atoms with van der Waals surface area (Å²) < 4.78 is 50.6. The third-order valence-corrected chi connectivity index (χ3v) is 2.73. The molecule has 0 atom stereocenters. The van der Waals surface area contributed by atoms with E-state index in [0.29, 0.717) is 11.1 Å². The molecule has 0 radical (unpaired) electrons. The molecular weight excluding hydrogens is 268 g/mol. The van der Waals surface area contributed by atoms with E-state index in [1.165, 1.54) is 24.3 Å². The van der Waals surface area contributed by atoms with E-state index < -0.39 is 17.6 Å². The summed E-state index contributed by atoms with van der Waals surface area (Å²) in [5.41, 5.74) is 0.0275. The highest BCUT2D eigenvalue weighted by Gasteiger charge is 2.30. The van der Waals surface area contributed by atoms with Gasteiger partial charge in [0.1, 0.15) is 5.82 Å². The molecule has 94 valence electrons. The highest BCUT2D eigenvalue weighted by atomic mass is 35.5. The lowest BCUT2D eigenvalue weighted by Crippen LogP contribution is -2.04. The Morgan fingerprint density at radius 2 is 1.56 bits per heavy atom. The number of alkyl halides is 3. The molecule has 2 aromatic rings. The second-order valence-corrected chi connectivity index (χ2v) is 4.11. The molecule has 0 aliphatic carbocycles. The fourth-order valence-electron chi connectivity index (χ4n) is 1.55. The third-order valence-electron chi connectivity index (χ3n) is 2.44. The summed E-state index contributed by atoms with van der Waals surface area (Å²) in [7, 11) is 0. The Hall–Kier alpha value is -1.55. The Morgan fingerprint density at radius 1 is 0.889 bits per heavy atom. The van der Waals surface area contributed by atoms with E-state index in [-0.39, 0.29) is 5.02 Å². The molecule has 0 spiro atoms. The van der Waals surface area contributed by atoms with Crippen LogP contribution >= 0.6 is 11.6 Å². The van der Waals surface area contributed by atoms with E-state index >= 15 is 0 Å². The number of hydrogen-bond donors (Lipinski definition) is 0. The van der Waals surface area contributed by atoms with Gasteiger partial charge in [-0.25, -0.2) is 4.39 Å². The first-order valence-electron chi connectivity index (χ1n) is 5.00. The zero-order valence-corrected chi connectivity index (χ0v) is 9.69. The zero-order valence-electron chi connectivity index (χ0n) is 8.93. The Bertz CT molecular complexity index is 575. The van der Waals surface area contributed by atoms with E-state index in [1.54, 1.807) is 0 Å². The van der Waals surface area contributed by atoms with Gasteiger partial charge >= 0.3 is 6.18 Å². The molecule has 0 unspecified atom stereocenters. The second kappa shape index (κ2) is 4.61. The van der Waals surface area contributed by atoms with E-state index in [9.17, 15) is 17.6 Å². The van der Waals surface area contributed by atoms with Gasteiger partial charge in [-0.05, 0) is 35.4 Å². The van der Waals surface area contributed by atoms with Gasteiger partial charge in [0.25, 0.3) is 0 Å². The van der Waals surface area contributed by atoms with Crippen LogP contribution in [0.15, 0.2) is 42.5 Å². The number of benzene rings is 2. The van der Waals surface area contributed by atoms with Gasteiger partial charge in [0, 0.05) is 0 Å². The van der Waals surface area contributed by atoms with Crippen LogP contribution in [-0.2, 0) is 6.18 Å². The molecule has 0 aliphatic heterocycles. The molecule has 0 saturated heterocycles. The molecule has 0 aromatic heterocycles. The van der Waals surface area contributed by atoms with Crippen molar-refractivity contribution in [2.45, 2.75) is 6.18 Å². The maximum atomic E-state index is 13.0. The van der Waals surface area contributed by atoms with Gasteiger partial charge in [-0.15, -0.1) is 0 Å². The van der Waals surface area contributed by atoms with Gasteiger partial charge in [-0.3, -0.25) is 0 Å². The summed E-state index contributed by atoms with van der Waals surface area (Å²) in [5, 5.41) is -0.120.